The average Bonchev–Trinajstić information content (AvgIpc) is 2.52. The Balaban J connectivity index is 1.92. The lowest BCUT2D eigenvalue weighted by atomic mass is 10.2. The summed E-state index contributed by atoms with van der Waals surface area (Å²) in [4.78, 5) is 12.8. The first-order chi connectivity index (χ1) is 10.2. The highest BCUT2D eigenvalue weighted by Gasteiger charge is 2.05. The summed E-state index contributed by atoms with van der Waals surface area (Å²) in [5.74, 6) is 0.505. The van der Waals surface area contributed by atoms with Crippen molar-refractivity contribution in [2.24, 2.45) is 0 Å². The van der Waals surface area contributed by atoms with Crippen molar-refractivity contribution < 1.29 is 0 Å². The van der Waals surface area contributed by atoms with E-state index in [0.29, 0.717) is 11.6 Å². The zero-order valence-corrected chi connectivity index (χ0v) is 11.5. The third kappa shape index (κ3) is 2.97. The van der Waals surface area contributed by atoms with Crippen LogP contribution in [0.25, 0.3) is 11.3 Å². The first-order valence-electron chi connectivity index (χ1n) is 6.55. The van der Waals surface area contributed by atoms with Gasteiger partial charge in [-0.15, -0.1) is 0 Å². The topological polar surface area (TPSA) is 74.5 Å². The molecule has 5 heteroatoms. The van der Waals surface area contributed by atoms with Crippen molar-refractivity contribution in [2.45, 2.75) is 6.92 Å². The molecule has 0 atom stereocenters. The summed E-state index contributed by atoms with van der Waals surface area (Å²) < 4.78 is 0. The number of nitrogens with one attached hydrogen (secondary N) is 2. The summed E-state index contributed by atoms with van der Waals surface area (Å²) in [7, 11) is 0. The van der Waals surface area contributed by atoms with E-state index in [2.05, 4.69) is 20.3 Å². The van der Waals surface area contributed by atoms with Crippen molar-refractivity contribution >= 4 is 17.3 Å². The van der Waals surface area contributed by atoms with E-state index in [1.54, 1.807) is 30.7 Å². The molecule has 1 radical (unpaired) electrons. The standard InChI is InChI=1S/C16H14N5/c1-11-4-5-13(17)9-15(11)21-16-19-8-6-14(20-16)12-3-2-7-18-10-12/h2-10,17H,1H3,(H,19,20,21). The van der Waals surface area contributed by atoms with Crippen LogP contribution in [0.4, 0.5) is 17.3 Å². The van der Waals surface area contributed by atoms with Crippen molar-refractivity contribution in [3.63, 3.8) is 0 Å². The molecule has 2 heterocycles. The highest BCUT2D eigenvalue weighted by Crippen LogP contribution is 2.23. The van der Waals surface area contributed by atoms with Crippen LogP contribution in [0.15, 0.2) is 55.0 Å². The smallest absolute Gasteiger partial charge is 0.227 e. The number of aromatic nitrogens is 3. The predicted octanol–water partition coefficient (Wildman–Crippen LogP) is 3.51. The third-order valence-electron chi connectivity index (χ3n) is 3.10. The molecule has 5 nitrogen and oxygen atoms in total. The fourth-order valence-electron chi connectivity index (χ4n) is 1.97. The molecule has 0 aliphatic rings. The molecular weight excluding hydrogens is 262 g/mol. The van der Waals surface area contributed by atoms with E-state index >= 15 is 0 Å². The molecular formula is C16H14N5. The molecule has 0 aliphatic heterocycles. The fraction of sp³-hybridized carbons (Fsp3) is 0.0625. The molecule has 0 saturated carbocycles. The molecule has 0 aliphatic carbocycles. The maximum Gasteiger partial charge on any atom is 0.227 e. The predicted molar refractivity (Wildman–Crippen MR) is 82.5 cm³/mol. The normalized spacial score (nSPS) is 10.3. The number of hydrogen-bond acceptors (Lipinski definition) is 4. The Labute approximate surface area is 122 Å². The van der Waals surface area contributed by atoms with Crippen LogP contribution in [-0.4, -0.2) is 15.0 Å². The molecule has 103 valence electrons. The zero-order chi connectivity index (χ0) is 14.7. The van der Waals surface area contributed by atoms with Crippen molar-refractivity contribution in [2.75, 3.05) is 5.32 Å². The van der Waals surface area contributed by atoms with Crippen molar-refractivity contribution in [3.8, 4) is 11.3 Å². The molecule has 0 saturated heterocycles. The van der Waals surface area contributed by atoms with Crippen molar-refractivity contribution in [1.82, 2.24) is 20.7 Å². The largest absolute Gasteiger partial charge is 0.324 e. The van der Waals surface area contributed by atoms with Crippen molar-refractivity contribution in [3.05, 3.63) is 60.6 Å². The van der Waals surface area contributed by atoms with E-state index in [1.165, 1.54) is 0 Å². The Morgan fingerprint density at radius 1 is 1.10 bits per heavy atom. The lowest BCUT2D eigenvalue weighted by Crippen LogP contribution is -1.99. The Hall–Kier alpha value is -2.95. The summed E-state index contributed by atoms with van der Waals surface area (Å²) in [6.45, 7) is 1.98. The maximum atomic E-state index is 7.69. The number of benzene rings is 1. The van der Waals surface area contributed by atoms with Crippen LogP contribution in [0.1, 0.15) is 5.56 Å². The Kier molecular flexibility index (Phi) is 3.47. The minimum Gasteiger partial charge on any atom is -0.324 e. The van der Waals surface area contributed by atoms with Gasteiger partial charge >= 0.3 is 0 Å². The minimum absolute atomic E-state index is 0.450. The summed E-state index contributed by atoms with van der Waals surface area (Å²) >= 11 is 0. The van der Waals surface area contributed by atoms with Gasteiger partial charge < -0.3 is 11.1 Å². The Morgan fingerprint density at radius 3 is 2.81 bits per heavy atom. The van der Waals surface area contributed by atoms with Gasteiger partial charge in [0.15, 0.2) is 0 Å². The lowest BCUT2D eigenvalue weighted by Gasteiger charge is -2.09. The molecule has 0 spiro atoms. The van der Waals surface area contributed by atoms with Gasteiger partial charge in [0.25, 0.3) is 0 Å². The molecule has 2 aromatic heterocycles. The quantitative estimate of drug-likeness (QED) is 0.794. The lowest BCUT2D eigenvalue weighted by molar-refractivity contribution is 1.16. The van der Waals surface area contributed by atoms with Crippen LogP contribution in [0, 0.1) is 6.92 Å². The monoisotopic (exact) mass is 276 g/mol. The van der Waals surface area contributed by atoms with Gasteiger partial charge in [-0.2, -0.15) is 0 Å². The number of hydrogen-bond donors (Lipinski definition) is 1. The molecule has 0 fully saturated rings. The third-order valence-corrected chi connectivity index (χ3v) is 3.10. The van der Waals surface area contributed by atoms with Crippen molar-refractivity contribution in [1.29, 1.82) is 0 Å². The van der Waals surface area contributed by atoms with Gasteiger partial charge in [-0.3, -0.25) is 4.98 Å². The number of anilines is 2. The molecule has 3 rings (SSSR count). The van der Waals surface area contributed by atoms with E-state index in [1.807, 2.05) is 31.2 Å². The van der Waals surface area contributed by atoms with E-state index in [9.17, 15) is 0 Å². The van der Waals surface area contributed by atoms with Gasteiger partial charge in [-0.1, -0.05) is 6.07 Å². The van der Waals surface area contributed by atoms with Crippen LogP contribution < -0.4 is 11.1 Å². The molecule has 1 aromatic carbocycles. The fourth-order valence-corrected chi connectivity index (χ4v) is 1.97. The molecule has 21 heavy (non-hydrogen) atoms. The molecule has 0 unspecified atom stereocenters. The zero-order valence-electron chi connectivity index (χ0n) is 11.5. The number of rotatable bonds is 3. The number of nitrogens with zero attached hydrogens (tertiary/aromatic N) is 3. The highest BCUT2D eigenvalue weighted by molar-refractivity contribution is 5.65. The highest BCUT2D eigenvalue weighted by atomic mass is 15.1. The second-order valence-electron chi connectivity index (χ2n) is 4.66. The number of aryl methyl sites for hydroxylation is 1. The van der Waals surface area contributed by atoms with E-state index < -0.39 is 0 Å². The van der Waals surface area contributed by atoms with E-state index in [0.717, 1.165) is 22.5 Å². The Morgan fingerprint density at radius 2 is 2.00 bits per heavy atom. The van der Waals surface area contributed by atoms with Crippen LogP contribution in [0.3, 0.4) is 0 Å². The summed E-state index contributed by atoms with van der Waals surface area (Å²) in [6, 6.07) is 11.1. The minimum atomic E-state index is 0.450. The maximum absolute atomic E-state index is 7.69. The van der Waals surface area contributed by atoms with Crippen LogP contribution >= 0.6 is 0 Å². The van der Waals surface area contributed by atoms with Gasteiger partial charge in [-0.25, -0.2) is 9.97 Å². The second-order valence-corrected chi connectivity index (χ2v) is 4.66. The number of pyridine rings is 1. The van der Waals surface area contributed by atoms with E-state index in [4.69, 9.17) is 5.73 Å². The Bertz CT molecular complexity index is 756. The SMILES string of the molecule is Cc1ccc([NH])cc1Nc1nccc(-c2cccnc2)n1. The van der Waals surface area contributed by atoms with Crippen LogP contribution in [0.2, 0.25) is 0 Å². The molecule has 0 bridgehead atoms. The first-order valence-corrected chi connectivity index (χ1v) is 6.55. The summed E-state index contributed by atoms with van der Waals surface area (Å²) in [5.41, 5.74) is 11.8. The second kappa shape index (κ2) is 5.58. The van der Waals surface area contributed by atoms with Gasteiger partial charge in [0.05, 0.1) is 11.4 Å². The molecule has 3 aromatic rings. The van der Waals surface area contributed by atoms with Gasteiger partial charge in [0.1, 0.15) is 0 Å². The van der Waals surface area contributed by atoms with Gasteiger partial charge in [0, 0.05) is 29.8 Å². The summed E-state index contributed by atoms with van der Waals surface area (Å²) in [5, 5.41) is 3.16. The average molecular weight is 276 g/mol. The van der Waals surface area contributed by atoms with Gasteiger partial charge in [-0.05, 0) is 42.8 Å². The molecule has 0 amide bonds. The van der Waals surface area contributed by atoms with E-state index in [-0.39, 0.29) is 0 Å². The van der Waals surface area contributed by atoms with Gasteiger partial charge in [0.2, 0.25) is 5.95 Å². The first kappa shape index (κ1) is 13.1. The summed E-state index contributed by atoms with van der Waals surface area (Å²) in [6.07, 6.45) is 5.20. The van der Waals surface area contributed by atoms with Crippen LogP contribution in [0.5, 0.6) is 0 Å². The van der Waals surface area contributed by atoms with Crippen LogP contribution in [-0.2, 0) is 0 Å². The molecule has 2 N–H and O–H groups in total.